The van der Waals surface area contributed by atoms with E-state index in [9.17, 15) is 4.79 Å². The van der Waals surface area contributed by atoms with Gasteiger partial charge in [-0.15, -0.1) is 0 Å². The van der Waals surface area contributed by atoms with Crippen molar-refractivity contribution in [3.63, 3.8) is 0 Å². The largest absolute Gasteiger partial charge is 0.377 e. The molecule has 0 aliphatic rings. The Morgan fingerprint density at radius 3 is 2.36 bits per heavy atom. The molecule has 0 aliphatic carbocycles. The SMILES string of the molecule is CC(C)OCCNC(=O)CC(C)(C)C. The Balaban J connectivity index is 3.46. The molecule has 3 nitrogen and oxygen atoms in total. The van der Waals surface area contributed by atoms with Crippen molar-refractivity contribution in [1.82, 2.24) is 5.32 Å². The molecule has 0 heterocycles. The number of hydrogen-bond donors (Lipinski definition) is 1. The third-order valence-electron chi connectivity index (χ3n) is 1.57. The summed E-state index contributed by atoms with van der Waals surface area (Å²) < 4.78 is 5.31. The highest BCUT2D eigenvalue weighted by Gasteiger charge is 2.15. The molecule has 14 heavy (non-hydrogen) atoms. The van der Waals surface area contributed by atoms with Crippen LogP contribution in [0.2, 0.25) is 0 Å². The van der Waals surface area contributed by atoms with Gasteiger partial charge in [-0.2, -0.15) is 0 Å². The summed E-state index contributed by atoms with van der Waals surface area (Å²) in [6, 6.07) is 0. The van der Waals surface area contributed by atoms with E-state index in [0.717, 1.165) is 0 Å². The van der Waals surface area contributed by atoms with Crippen molar-refractivity contribution in [2.45, 2.75) is 47.1 Å². The smallest absolute Gasteiger partial charge is 0.220 e. The highest BCUT2D eigenvalue weighted by molar-refractivity contribution is 5.76. The molecule has 1 amide bonds. The fourth-order valence-electron chi connectivity index (χ4n) is 1.03. The third kappa shape index (κ3) is 9.52. The molecular weight excluding hydrogens is 178 g/mol. The molecule has 0 radical (unpaired) electrons. The number of hydrogen-bond acceptors (Lipinski definition) is 2. The summed E-state index contributed by atoms with van der Waals surface area (Å²) in [7, 11) is 0. The lowest BCUT2D eigenvalue weighted by molar-refractivity contribution is -0.123. The monoisotopic (exact) mass is 201 g/mol. The molecular formula is C11H23NO2. The fraction of sp³-hybridized carbons (Fsp3) is 0.909. The quantitative estimate of drug-likeness (QED) is 0.691. The summed E-state index contributed by atoms with van der Waals surface area (Å²) in [6.45, 7) is 11.3. The minimum absolute atomic E-state index is 0.0585. The van der Waals surface area contributed by atoms with Gasteiger partial charge in [0.15, 0.2) is 0 Å². The average molecular weight is 201 g/mol. The average Bonchev–Trinajstić information content (AvgIpc) is 1.94. The van der Waals surface area contributed by atoms with E-state index < -0.39 is 0 Å². The number of carbonyl (C=O) groups excluding carboxylic acids is 1. The number of ether oxygens (including phenoxy) is 1. The van der Waals surface area contributed by atoms with E-state index in [-0.39, 0.29) is 17.4 Å². The van der Waals surface area contributed by atoms with E-state index >= 15 is 0 Å². The molecule has 0 rings (SSSR count). The van der Waals surface area contributed by atoms with Crippen LogP contribution in [0.15, 0.2) is 0 Å². The highest BCUT2D eigenvalue weighted by Crippen LogP contribution is 2.17. The topological polar surface area (TPSA) is 38.3 Å². The lowest BCUT2D eigenvalue weighted by Crippen LogP contribution is -2.30. The molecule has 0 aromatic carbocycles. The Kier molecular flexibility index (Phi) is 5.77. The molecule has 0 aromatic rings. The van der Waals surface area contributed by atoms with E-state index in [1.54, 1.807) is 0 Å². The van der Waals surface area contributed by atoms with Crippen LogP contribution in [0.25, 0.3) is 0 Å². The second kappa shape index (κ2) is 6.02. The second-order valence-electron chi connectivity index (χ2n) is 5.01. The summed E-state index contributed by atoms with van der Waals surface area (Å²) in [6.07, 6.45) is 0.795. The van der Waals surface area contributed by atoms with Crippen LogP contribution in [0, 0.1) is 5.41 Å². The van der Waals surface area contributed by atoms with Crippen LogP contribution in [0.5, 0.6) is 0 Å². The molecule has 0 aromatic heterocycles. The van der Waals surface area contributed by atoms with Crippen LogP contribution in [0.4, 0.5) is 0 Å². The highest BCUT2D eigenvalue weighted by atomic mass is 16.5. The van der Waals surface area contributed by atoms with Gasteiger partial charge in [-0.1, -0.05) is 20.8 Å². The van der Waals surface area contributed by atoms with Crippen molar-refractivity contribution in [3.05, 3.63) is 0 Å². The Labute approximate surface area is 87.2 Å². The van der Waals surface area contributed by atoms with Crippen LogP contribution in [-0.2, 0) is 9.53 Å². The molecule has 0 atom stereocenters. The predicted octanol–water partition coefficient (Wildman–Crippen LogP) is 1.96. The van der Waals surface area contributed by atoms with Crippen LogP contribution in [0.3, 0.4) is 0 Å². The molecule has 0 saturated carbocycles. The molecule has 0 spiro atoms. The van der Waals surface area contributed by atoms with E-state index in [2.05, 4.69) is 26.1 Å². The third-order valence-corrected chi connectivity index (χ3v) is 1.57. The Morgan fingerprint density at radius 2 is 1.93 bits per heavy atom. The van der Waals surface area contributed by atoms with Crippen LogP contribution >= 0.6 is 0 Å². The minimum Gasteiger partial charge on any atom is -0.377 e. The second-order valence-corrected chi connectivity index (χ2v) is 5.01. The van der Waals surface area contributed by atoms with Crippen molar-refractivity contribution in [3.8, 4) is 0 Å². The van der Waals surface area contributed by atoms with Gasteiger partial charge in [0.2, 0.25) is 5.91 Å². The van der Waals surface area contributed by atoms with Crippen molar-refractivity contribution in [2.75, 3.05) is 13.2 Å². The first-order chi connectivity index (χ1) is 6.31. The van der Waals surface area contributed by atoms with Crippen molar-refractivity contribution < 1.29 is 9.53 Å². The summed E-state index contributed by atoms with van der Waals surface area (Å²) in [5.74, 6) is 0.102. The van der Waals surface area contributed by atoms with E-state index in [1.165, 1.54) is 0 Å². The first-order valence-corrected chi connectivity index (χ1v) is 5.19. The summed E-state index contributed by atoms with van der Waals surface area (Å²) >= 11 is 0. The Bertz CT molecular complexity index is 171. The molecule has 0 unspecified atom stereocenters. The number of nitrogens with one attached hydrogen (secondary N) is 1. The van der Waals surface area contributed by atoms with Crippen molar-refractivity contribution in [1.29, 1.82) is 0 Å². The normalized spacial score (nSPS) is 11.9. The van der Waals surface area contributed by atoms with Crippen LogP contribution in [0.1, 0.15) is 41.0 Å². The molecule has 84 valence electrons. The van der Waals surface area contributed by atoms with Crippen LogP contribution < -0.4 is 5.32 Å². The van der Waals surface area contributed by atoms with Gasteiger partial charge in [-0.05, 0) is 19.3 Å². The van der Waals surface area contributed by atoms with Gasteiger partial charge in [0.25, 0.3) is 0 Å². The summed E-state index contributed by atoms with van der Waals surface area (Å²) in [5, 5.41) is 2.83. The van der Waals surface area contributed by atoms with Crippen molar-refractivity contribution >= 4 is 5.91 Å². The predicted molar refractivity (Wildman–Crippen MR) is 58.2 cm³/mol. The zero-order chi connectivity index (χ0) is 11.2. The number of amides is 1. The molecule has 0 bridgehead atoms. The molecule has 0 saturated heterocycles. The molecule has 3 heteroatoms. The zero-order valence-electron chi connectivity index (χ0n) is 10.0. The Hall–Kier alpha value is -0.570. The van der Waals surface area contributed by atoms with Gasteiger partial charge < -0.3 is 10.1 Å². The lowest BCUT2D eigenvalue weighted by Gasteiger charge is -2.17. The van der Waals surface area contributed by atoms with Gasteiger partial charge in [0.1, 0.15) is 0 Å². The van der Waals surface area contributed by atoms with Gasteiger partial charge >= 0.3 is 0 Å². The first-order valence-electron chi connectivity index (χ1n) is 5.19. The molecule has 1 N–H and O–H groups in total. The molecule has 0 aliphatic heterocycles. The maximum atomic E-state index is 11.3. The zero-order valence-corrected chi connectivity index (χ0v) is 10.0. The van der Waals surface area contributed by atoms with Gasteiger partial charge in [0, 0.05) is 13.0 Å². The van der Waals surface area contributed by atoms with Crippen molar-refractivity contribution in [2.24, 2.45) is 5.41 Å². The maximum absolute atomic E-state index is 11.3. The standard InChI is InChI=1S/C11H23NO2/c1-9(2)14-7-6-12-10(13)8-11(3,4)5/h9H,6-8H2,1-5H3,(H,12,13). The van der Waals surface area contributed by atoms with E-state index in [1.807, 2.05) is 13.8 Å². The fourth-order valence-corrected chi connectivity index (χ4v) is 1.03. The minimum atomic E-state index is 0.0585. The number of rotatable bonds is 5. The van der Waals surface area contributed by atoms with Crippen LogP contribution in [-0.4, -0.2) is 25.2 Å². The van der Waals surface area contributed by atoms with E-state index in [0.29, 0.717) is 19.6 Å². The molecule has 0 fully saturated rings. The lowest BCUT2D eigenvalue weighted by atomic mass is 9.92. The van der Waals surface area contributed by atoms with E-state index in [4.69, 9.17) is 4.74 Å². The summed E-state index contributed by atoms with van der Waals surface area (Å²) in [5.41, 5.74) is 0.0585. The Morgan fingerprint density at radius 1 is 1.36 bits per heavy atom. The number of carbonyl (C=O) groups is 1. The van der Waals surface area contributed by atoms with Gasteiger partial charge in [-0.3, -0.25) is 4.79 Å². The van der Waals surface area contributed by atoms with Gasteiger partial charge in [-0.25, -0.2) is 0 Å². The van der Waals surface area contributed by atoms with Gasteiger partial charge in [0.05, 0.1) is 12.7 Å². The maximum Gasteiger partial charge on any atom is 0.220 e. The first kappa shape index (κ1) is 13.4. The summed E-state index contributed by atoms with van der Waals surface area (Å²) in [4.78, 5) is 11.3.